The van der Waals surface area contributed by atoms with Crippen LogP contribution in [0.2, 0.25) is 0 Å². The molecule has 0 bridgehead atoms. The van der Waals surface area contributed by atoms with Crippen molar-refractivity contribution in [1.82, 2.24) is 9.21 Å². The average Bonchev–Trinajstić information content (AvgIpc) is 2.97. The zero-order valence-corrected chi connectivity index (χ0v) is 13.1. The third-order valence-electron chi connectivity index (χ3n) is 3.90. The fourth-order valence-corrected chi connectivity index (χ4v) is 3.96. The third-order valence-corrected chi connectivity index (χ3v) is 5.84. The summed E-state index contributed by atoms with van der Waals surface area (Å²) in [5, 5.41) is 0. The van der Waals surface area contributed by atoms with Crippen LogP contribution in [0.3, 0.4) is 0 Å². The zero-order chi connectivity index (χ0) is 15.5. The van der Waals surface area contributed by atoms with Crippen LogP contribution in [-0.4, -0.2) is 50.8 Å². The van der Waals surface area contributed by atoms with Gasteiger partial charge in [-0.1, -0.05) is 6.07 Å². The van der Waals surface area contributed by atoms with Crippen molar-refractivity contribution < 1.29 is 12.8 Å². The maximum Gasteiger partial charge on any atom is 0.243 e. The lowest BCUT2D eigenvalue weighted by Crippen LogP contribution is -2.35. The molecule has 0 aliphatic carbocycles. The molecule has 0 saturated carbocycles. The van der Waals surface area contributed by atoms with Crippen molar-refractivity contribution in [1.29, 1.82) is 0 Å². The van der Waals surface area contributed by atoms with Crippen molar-refractivity contribution in [2.45, 2.75) is 24.3 Å². The Morgan fingerprint density at radius 3 is 2.62 bits per heavy atom. The summed E-state index contributed by atoms with van der Waals surface area (Å²) in [6.45, 7) is 2.98. The second-order valence-corrected chi connectivity index (χ2v) is 7.31. The predicted octanol–water partition coefficient (Wildman–Crippen LogP) is 1.00. The van der Waals surface area contributed by atoms with Crippen molar-refractivity contribution in [3.63, 3.8) is 0 Å². The second-order valence-electron chi connectivity index (χ2n) is 5.30. The lowest BCUT2D eigenvalue weighted by Gasteiger charge is -2.22. The van der Waals surface area contributed by atoms with Gasteiger partial charge in [-0.25, -0.2) is 12.8 Å². The van der Waals surface area contributed by atoms with Crippen molar-refractivity contribution in [2.24, 2.45) is 5.73 Å². The summed E-state index contributed by atoms with van der Waals surface area (Å²) in [5.41, 5.74) is 5.54. The van der Waals surface area contributed by atoms with E-state index in [1.165, 1.54) is 29.6 Å². The number of hydrogen-bond acceptors (Lipinski definition) is 4. The van der Waals surface area contributed by atoms with Gasteiger partial charge in [-0.05, 0) is 38.1 Å². The van der Waals surface area contributed by atoms with Gasteiger partial charge in [0.2, 0.25) is 10.0 Å². The Morgan fingerprint density at radius 1 is 1.33 bits per heavy atom. The van der Waals surface area contributed by atoms with E-state index in [0.29, 0.717) is 13.1 Å². The first-order valence-corrected chi connectivity index (χ1v) is 8.57. The molecular formula is C14H22FN3O2S. The van der Waals surface area contributed by atoms with Crippen LogP contribution in [0.15, 0.2) is 23.1 Å². The number of rotatable bonds is 6. The standard InChI is InChI=1S/C14H22FN3O2S/c1-17(9-10-18-7-2-3-8-18)21(19,20)14-6-4-5-13(15)12(14)11-16/h4-6H,2-3,7-11,16H2,1H3. The van der Waals surface area contributed by atoms with Gasteiger partial charge in [0.15, 0.2) is 0 Å². The normalized spacial score (nSPS) is 16.8. The highest BCUT2D eigenvalue weighted by Crippen LogP contribution is 2.21. The molecule has 1 aromatic rings. The van der Waals surface area contributed by atoms with Crippen molar-refractivity contribution in [3.05, 3.63) is 29.6 Å². The number of sulfonamides is 1. The Balaban J connectivity index is 2.14. The van der Waals surface area contributed by atoms with Crippen LogP contribution in [0.5, 0.6) is 0 Å². The highest BCUT2D eigenvalue weighted by atomic mass is 32.2. The van der Waals surface area contributed by atoms with E-state index in [9.17, 15) is 12.8 Å². The van der Waals surface area contributed by atoms with Gasteiger partial charge in [0.1, 0.15) is 5.82 Å². The van der Waals surface area contributed by atoms with Gasteiger partial charge in [0.05, 0.1) is 4.90 Å². The van der Waals surface area contributed by atoms with Crippen molar-refractivity contribution in [2.75, 3.05) is 33.2 Å². The molecule has 1 aromatic carbocycles. The second kappa shape index (κ2) is 6.83. The molecule has 0 unspecified atom stereocenters. The average molecular weight is 315 g/mol. The SMILES string of the molecule is CN(CCN1CCCC1)S(=O)(=O)c1cccc(F)c1CN. The fourth-order valence-electron chi connectivity index (χ4n) is 2.56. The quantitative estimate of drug-likeness (QED) is 0.850. The van der Waals surface area contributed by atoms with Crippen LogP contribution >= 0.6 is 0 Å². The third kappa shape index (κ3) is 3.60. The van der Waals surface area contributed by atoms with Crippen LogP contribution in [-0.2, 0) is 16.6 Å². The molecule has 0 amide bonds. The molecule has 1 fully saturated rings. The summed E-state index contributed by atoms with van der Waals surface area (Å²) >= 11 is 0. The summed E-state index contributed by atoms with van der Waals surface area (Å²) < 4.78 is 40.1. The molecule has 1 saturated heterocycles. The van der Waals surface area contributed by atoms with Gasteiger partial charge >= 0.3 is 0 Å². The number of nitrogens with two attached hydrogens (primary N) is 1. The van der Waals surface area contributed by atoms with Gasteiger partial charge in [-0.3, -0.25) is 0 Å². The number of likely N-dealkylation sites (tertiary alicyclic amines) is 1. The molecule has 0 spiro atoms. The van der Waals surface area contributed by atoms with E-state index in [2.05, 4.69) is 4.90 Å². The van der Waals surface area contributed by atoms with Crippen LogP contribution in [0.4, 0.5) is 4.39 Å². The lowest BCUT2D eigenvalue weighted by molar-refractivity contribution is 0.310. The Morgan fingerprint density at radius 2 is 2.00 bits per heavy atom. The first-order valence-electron chi connectivity index (χ1n) is 7.13. The van der Waals surface area contributed by atoms with Crippen molar-refractivity contribution >= 4 is 10.0 Å². The van der Waals surface area contributed by atoms with E-state index in [-0.39, 0.29) is 17.0 Å². The fraction of sp³-hybridized carbons (Fsp3) is 0.571. The maximum absolute atomic E-state index is 13.7. The maximum atomic E-state index is 13.7. The molecule has 0 aromatic heterocycles. The monoisotopic (exact) mass is 315 g/mol. The number of benzene rings is 1. The summed E-state index contributed by atoms with van der Waals surface area (Å²) in [6.07, 6.45) is 2.33. The summed E-state index contributed by atoms with van der Waals surface area (Å²) in [6, 6.07) is 4.04. The van der Waals surface area contributed by atoms with Crippen LogP contribution in [0, 0.1) is 5.82 Å². The Bertz CT molecular complexity index is 586. The molecule has 118 valence electrons. The largest absolute Gasteiger partial charge is 0.326 e. The molecule has 2 N–H and O–H groups in total. The molecule has 0 atom stereocenters. The highest BCUT2D eigenvalue weighted by Gasteiger charge is 2.25. The first-order chi connectivity index (χ1) is 9.96. The molecule has 1 aliphatic heterocycles. The summed E-state index contributed by atoms with van der Waals surface area (Å²) in [5.74, 6) is -0.577. The molecule has 5 nitrogen and oxygen atoms in total. The Hall–Kier alpha value is -1.02. The van der Waals surface area contributed by atoms with Gasteiger partial charge in [-0.2, -0.15) is 4.31 Å². The van der Waals surface area contributed by atoms with Crippen molar-refractivity contribution in [3.8, 4) is 0 Å². The van der Waals surface area contributed by atoms with Gasteiger partial charge in [-0.15, -0.1) is 0 Å². The van der Waals surface area contributed by atoms with Gasteiger partial charge in [0.25, 0.3) is 0 Å². The van der Waals surface area contributed by atoms with Gasteiger partial charge in [0, 0.05) is 32.2 Å². The number of halogens is 1. The summed E-state index contributed by atoms with van der Waals surface area (Å²) in [7, 11) is -2.18. The van der Waals surface area contributed by atoms with E-state index in [1.54, 1.807) is 0 Å². The lowest BCUT2D eigenvalue weighted by atomic mass is 10.2. The first kappa shape index (κ1) is 16.4. The topological polar surface area (TPSA) is 66.6 Å². The van der Waals surface area contributed by atoms with E-state index < -0.39 is 15.8 Å². The molecule has 21 heavy (non-hydrogen) atoms. The van der Waals surface area contributed by atoms with Gasteiger partial charge < -0.3 is 10.6 Å². The predicted molar refractivity (Wildman–Crippen MR) is 79.8 cm³/mol. The zero-order valence-electron chi connectivity index (χ0n) is 12.3. The number of hydrogen-bond donors (Lipinski definition) is 1. The molecule has 1 heterocycles. The Kier molecular flexibility index (Phi) is 5.32. The molecule has 0 radical (unpaired) electrons. The van der Waals surface area contributed by atoms with Crippen LogP contribution in [0.1, 0.15) is 18.4 Å². The molecular weight excluding hydrogens is 293 g/mol. The molecule has 7 heteroatoms. The van der Waals surface area contributed by atoms with Crippen LogP contribution < -0.4 is 5.73 Å². The summed E-state index contributed by atoms with van der Waals surface area (Å²) in [4.78, 5) is 2.20. The van der Waals surface area contributed by atoms with E-state index in [0.717, 1.165) is 25.9 Å². The minimum atomic E-state index is -3.71. The van der Waals surface area contributed by atoms with E-state index in [4.69, 9.17) is 5.73 Å². The minimum Gasteiger partial charge on any atom is -0.326 e. The highest BCUT2D eigenvalue weighted by molar-refractivity contribution is 7.89. The smallest absolute Gasteiger partial charge is 0.243 e. The molecule has 2 rings (SSSR count). The number of likely N-dealkylation sites (N-methyl/N-ethyl adjacent to an activating group) is 1. The Labute approximate surface area is 125 Å². The van der Waals surface area contributed by atoms with Crippen LogP contribution in [0.25, 0.3) is 0 Å². The molecule has 1 aliphatic rings. The minimum absolute atomic E-state index is 0.0334. The number of nitrogens with zero attached hydrogens (tertiary/aromatic N) is 2. The van der Waals surface area contributed by atoms with E-state index >= 15 is 0 Å². The van der Waals surface area contributed by atoms with E-state index in [1.807, 2.05) is 0 Å².